The minimum Gasteiger partial charge on any atom is -0.393 e. The van der Waals surface area contributed by atoms with Crippen LogP contribution in [0.3, 0.4) is 0 Å². The van der Waals surface area contributed by atoms with Crippen molar-refractivity contribution in [1.29, 1.82) is 0 Å². The number of hydrogen-bond donors (Lipinski definition) is 2. The Labute approximate surface area is 121 Å². The molecular formula is C17H24N2O. The molecule has 2 N–H and O–H groups in total. The van der Waals surface area contributed by atoms with Gasteiger partial charge < -0.3 is 15.3 Å². The minimum absolute atomic E-state index is 0.0829. The first-order valence-electron chi connectivity index (χ1n) is 8.09. The van der Waals surface area contributed by atoms with Crippen molar-refractivity contribution in [3.05, 3.63) is 29.8 Å². The second kappa shape index (κ2) is 5.05. The lowest BCUT2D eigenvalue weighted by Gasteiger charge is -2.40. The topological polar surface area (TPSA) is 35.5 Å². The monoisotopic (exact) mass is 272 g/mol. The van der Waals surface area contributed by atoms with Crippen molar-refractivity contribution in [3.8, 4) is 0 Å². The van der Waals surface area contributed by atoms with Gasteiger partial charge in [-0.1, -0.05) is 18.2 Å². The lowest BCUT2D eigenvalue weighted by atomic mass is 9.98. The normalized spacial score (nSPS) is 32.6. The summed E-state index contributed by atoms with van der Waals surface area (Å²) in [6.07, 6.45) is 6.97. The molecular weight excluding hydrogens is 248 g/mol. The third kappa shape index (κ3) is 2.33. The maximum Gasteiger partial charge on any atom is 0.0579 e. The number of fused-ring (bicyclic) bond motifs is 2. The van der Waals surface area contributed by atoms with Gasteiger partial charge in [0.25, 0.3) is 0 Å². The summed E-state index contributed by atoms with van der Waals surface area (Å²) in [7, 11) is 0. The summed E-state index contributed by atoms with van der Waals surface area (Å²) in [5, 5.41) is 13.6. The minimum atomic E-state index is -0.0829. The van der Waals surface area contributed by atoms with Crippen LogP contribution in [0.2, 0.25) is 0 Å². The van der Waals surface area contributed by atoms with E-state index in [0.29, 0.717) is 12.1 Å². The largest absolute Gasteiger partial charge is 0.393 e. The summed E-state index contributed by atoms with van der Waals surface area (Å²) in [5.41, 5.74) is 2.83. The van der Waals surface area contributed by atoms with Crippen LogP contribution >= 0.6 is 0 Å². The number of hydrogen-bond acceptors (Lipinski definition) is 3. The van der Waals surface area contributed by atoms with E-state index in [-0.39, 0.29) is 6.10 Å². The van der Waals surface area contributed by atoms with Crippen LogP contribution in [0.15, 0.2) is 24.3 Å². The van der Waals surface area contributed by atoms with E-state index in [2.05, 4.69) is 34.5 Å². The molecule has 2 aliphatic heterocycles. The zero-order chi connectivity index (χ0) is 13.5. The highest BCUT2D eigenvalue weighted by Gasteiger charge is 2.40. The van der Waals surface area contributed by atoms with E-state index in [9.17, 15) is 5.11 Å². The average molecular weight is 272 g/mol. The van der Waals surface area contributed by atoms with Crippen molar-refractivity contribution in [2.24, 2.45) is 0 Å². The summed E-state index contributed by atoms with van der Waals surface area (Å²) >= 11 is 0. The highest BCUT2D eigenvalue weighted by Crippen LogP contribution is 2.40. The molecule has 108 valence electrons. The fourth-order valence-electron chi connectivity index (χ4n) is 4.00. The number of anilines is 1. The Hall–Kier alpha value is -1.06. The summed E-state index contributed by atoms with van der Waals surface area (Å²) in [5.74, 6) is 0. The van der Waals surface area contributed by atoms with E-state index in [1.54, 1.807) is 0 Å². The van der Waals surface area contributed by atoms with E-state index in [4.69, 9.17) is 0 Å². The molecule has 1 aromatic carbocycles. The van der Waals surface area contributed by atoms with Crippen LogP contribution in [0.1, 0.15) is 44.1 Å². The third-order valence-electron chi connectivity index (χ3n) is 5.14. The Morgan fingerprint density at radius 3 is 2.45 bits per heavy atom. The number of nitrogens with zero attached hydrogens (tertiary/aromatic N) is 1. The molecule has 2 atom stereocenters. The van der Waals surface area contributed by atoms with Crippen LogP contribution in [0.5, 0.6) is 0 Å². The number of aliphatic hydroxyl groups excluding tert-OH is 1. The van der Waals surface area contributed by atoms with Gasteiger partial charge >= 0.3 is 0 Å². The van der Waals surface area contributed by atoms with Gasteiger partial charge in [0.2, 0.25) is 0 Å². The molecule has 0 aromatic heterocycles. The predicted molar refractivity (Wildman–Crippen MR) is 80.8 cm³/mol. The molecule has 2 unspecified atom stereocenters. The van der Waals surface area contributed by atoms with Crippen molar-refractivity contribution in [2.75, 3.05) is 4.90 Å². The van der Waals surface area contributed by atoms with Crippen molar-refractivity contribution in [3.63, 3.8) is 0 Å². The summed E-state index contributed by atoms with van der Waals surface area (Å²) < 4.78 is 0. The molecule has 3 aliphatic rings. The van der Waals surface area contributed by atoms with Crippen LogP contribution in [0, 0.1) is 0 Å². The number of para-hydroxylation sites is 1. The fourth-order valence-corrected chi connectivity index (χ4v) is 4.00. The molecule has 1 aromatic rings. The van der Waals surface area contributed by atoms with E-state index in [1.165, 1.54) is 36.9 Å². The highest BCUT2D eigenvalue weighted by molar-refractivity contribution is 5.56. The predicted octanol–water partition coefficient (Wildman–Crippen LogP) is 2.43. The Morgan fingerprint density at radius 1 is 1.05 bits per heavy atom. The fraction of sp³-hybridized carbons (Fsp3) is 0.647. The van der Waals surface area contributed by atoms with Crippen LogP contribution < -0.4 is 10.2 Å². The van der Waals surface area contributed by atoms with E-state index in [1.807, 2.05) is 0 Å². The molecule has 1 saturated carbocycles. The molecule has 1 aliphatic carbocycles. The Bertz CT molecular complexity index is 472. The van der Waals surface area contributed by atoms with E-state index < -0.39 is 0 Å². The molecule has 20 heavy (non-hydrogen) atoms. The molecule has 3 fully saturated rings. The summed E-state index contributed by atoms with van der Waals surface area (Å²) in [6, 6.07) is 10.7. The van der Waals surface area contributed by atoms with Gasteiger partial charge in [0.15, 0.2) is 0 Å². The van der Waals surface area contributed by atoms with Crippen molar-refractivity contribution in [2.45, 2.75) is 69.3 Å². The highest BCUT2D eigenvalue weighted by atomic mass is 16.3. The number of benzene rings is 1. The van der Waals surface area contributed by atoms with E-state index >= 15 is 0 Å². The quantitative estimate of drug-likeness (QED) is 0.883. The van der Waals surface area contributed by atoms with Crippen LogP contribution in [0.4, 0.5) is 5.69 Å². The lowest BCUT2D eigenvalue weighted by Crippen LogP contribution is -2.45. The maximum atomic E-state index is 9.97. The van der Waals surface area contributed by atoms with Gasteiger partial charge in [-0.15, -0.1) is 0 Å². The number of nitrogens with one attached hydrogen (secondary N) is 1. The zero-order valence-corrected chi connectivity index (χ0v) is 12.0. The second-order valence-electron chi connectivity index (χ2n) is 6.70. The SMILES string of the molecule is OC1CC2CCC(C1)N2c1ccccc1CNC1CC1. The first-order chi connectivity index (χ1) is 9.81. The molecule has 0 spiro atoms. The zero-order valence-electron chi connectivity index (χ0n) is 12.0. The van der Waals surface area contributed by atoms with Crippen LogP contribution in [0.25, 0.3) is 0 Å². The molecule has 0 radical (unpaired) electrons. The molecule has 0 amide bonds. The van der Waals surface area contributed by atoms with Crippen molar-refractivity contribution in [1.82, 2.24) is 5.32 Å². The molecule has 2 saturated heterocycles. The van der Waals surface area contributed by atoms with Gasteiger partial charge in [-0.25, -0.2) is 0 Å². The Morgan fingerprint density at radius 2 is 1.75 bits per heavy atom. The van der Waals surface area contributed by atoms with Gasteiger partial charge in [0.1, 0.15) is 0 Å². The summed E-state index contributed by atoms with van der Waals surface area (Å²) in [4.78, 5) is 2.61. The van der Waals surface area contributed by atoms with Gasteiger partial charge in [-0.2, -0.15) is 0 Å². The van der Waals surface area contributed by atoms with Crippen molar-refractivity contribution < 1.29 is 5.11 Å². The molecule has 2 bridgehead atoms. The van der Waals surface area contributed by atoms with Gasteiger partial charge in [0.05, 0.1) is 6.10 Å². The standard InChI is InChI=1S/C17H24N2O/c20-16-9-14-7-8-15(10-16)19(14)17-4-2-1-3-12(17)11-18-13-5-6-13/h1-4,13-16,18,20H,5-11H2. The van der Waals surface area contributed by atoms with Gasteiger partial charge in [-0.3, -0.25) is 0 Å². The second-order valence-corrected chi connectivity index (χ2v) is 6.70. The average Bonchev–Trinajstić information content (AvgIpc) is 3.23. The first kappa shape index (κ1) is 12.7. The third-order valence-corrected chi connectivity index (χ3v) is 5.14. The Balaban J connectivity index is 1.58. The van der Waals surface area contributed by atoms with Crippen molar-refractivity contribution >= 4 is 5.69 Å². The molecule has 4 rings (SSSR count). The van der Waals surface area contributed by atoms with Crippen LogP contribution in [-0.2, 0) is 6.54 Å². The number of aliphatic hydroxyl groups is 1. The molecule has 2 heterocycles. The van der Waals surface area contributed by atoms with Crippen LogP contribution in [-0.4, -0.2) is 29.3 Å². The summed E-state index contributed by atoms with van der Waals surface area (Å²) in [6.45, 7) is 0.985. The molecule has 3 heteroatoms. The smallest absolute Gasteiger partial charge is 0.0579 e. The Kier molecular flexibility index (Phi) is 3.20. The van der Waals surface area contributed by atoms with E-state index in [0.717, 1.165) is 25.4 Å². The maximum absolute atomic E-state index is 9.97. The lowest BCUT2D eigenvalue weighted by molar-refractivity contribution is 0.126. The number of rotatable bonds is 4. The van der Waals surface area contributed by atoms with Gasteiger partial charge in [0, 0.05) is 30.4 Å². The van der Waals surface area contributed by atoms with Gasteiger partial charge in [-0.05, 0) is 50.2 Å². The first-order valence-corrected chi connectivity index (χ1v) is 8.09. The molecule has 3 nitrogen and oxygen atoms in total. The number of piperidine rings is 1.